The Kier molecular flexibility index (Phi) is 7.63. The molecule has 0 spiro atoms. The standard InChI is InChI=1S/C31H54O2/c1-8-22(20(2)3)10-9-21(4)26-13-14-27-25-12-11-24-19-23(29(32)33-7)15-17-30(24,5)28(25)16-18-31(26,27)6/h20-28H,8-19H2,1-7H3/t21-,22-,23+,24+,25+,26-,27+,28+,30+,31-/m1/s1. The van der Waals surface area contributed by atoms with Crippen LogP contribution < -0.4 is 0 Å². The van der Waals surface area contributed by atoms with Gasteiger partial charge in [0.2, 0.25) is 0 Å². The molecule has 0 amide bonds. The normalized spacial score (nSPS) is 44.5. The highest BCUT2D eigenvalue weighted by atomic mass is 16.5. The second-order valence-corrected chi connectivity index (χ2v) is 13.8. The minimum absolute atomic E-state index is 0.0470. The van der Waals surface area contributed by atoms with Crippen LogP contribution in [-0.2, 0) is 9.53 Å². The zero-order valence-corrected chi connectivity index (χ0v) is 23.0. The summed E-state index contributed by atoms with van der Waals surface area (Å²) in [5, 5.41) is 0. The molecule has 4 fully saturated rings. The van der Waals surface area contributed by atoms with Gasteiger partial charge in [0.15, 0.2) is 0 Å². The molecule has 190 valence electrons. The number of hydrogen-bond acceptors (Lipinski definition) is 2. The molecular formula is C31H54O2. The first-order valence-electron chi connectivity index (χ1n) is 14.7. The van der Waals surface area contributed by atoms with Crippen molar-refractivity contribution in [1.82, 2.24) is 0 Å². The lowest BCUT2D eigenvalue weighted by atomic mass is 9.44. The number of fused-ring (bicyclic) bond motifs is 5. The smallest absolute Gasteiger partial charge is 0.308 e. The van der Waals surface area contributed by atoms with Crippen LogP contribution in [0.15, 0.2) is 0 Å². The highest BCUT2D eigenvalue weighted by Crippen LogP contribution is 2.68. The van der Waals surface area contributed by atoms with Gasteiger partial charge >= 0.3 is 5.97 Å². The minimum atomic E-state index is 0.0470. The maximum atomic E-state index is 12.2. The van der Waals surface area contributed by atoms with Crippen molar-refractivity contribution in [3.8, 4) is 0 Å². The molecule has 33 heavy (non-hydrogen) atoms. The third kappa shape index (κ3) is 4.44. The topological polar surface area (TPSA) is 26.3 Å². The van der Waals surface area contributed by atoms with Gasteiger partial charge in [-0.1, -0.05) is 54.4 Å². The number of rotatable bonds is 7. The highest BCUT2D eigenvalue weighted by Gasteiger charge is 2.60. The van der Waals surface area contributed by atoms with E-state index < -0.39 is 0 Å². The van der Waals surface area contributed by atoms with Gasteiger partial charge in [-0.05, 0) is 122 Å². The van der Waals surface area contributed by atoms with Gasteiger partial charge in [0.25, 0.3) is 0 Å². The Bertz CT molecular complexity index is 684. The van der Waals surface area contributed by atoms with Gasteiger partial charge in [0, 0.05) is 0 Å². The number of esters is 1. The molecule has 0 radical (unpaired) electrons. The molecule has 0 bridgehead atoms. The van der Waals surface area contributed by atoms with Crippen molar-refractivity contribution >= 4 is 5.97 Å². The second kappa shape index (κ2) is 9.85. The van der Waals surface area contributed by atoms with Crippen molar-refractivity contribution in [3.05, 3.63) is 0 Å². The summed E-state index contributed by atoms with van der Waals surface area (Å²) in [5.41, 5.74) is 1.04. The monoisotopic (exact) mass is 458 g/mol. The third-order valence-electron chi connectivity index (χ3n) is 12.4. The van der Waals surface area contributed by atoms with Gasteiger partial charge in [-0.25, -0.2) is 0 Å². The van der Waals surface area contributed by atoms with Gasteiger partial charge in [0.05, 0.1) is 13.0 Å². The van der Waals surface area contributed by atoms with Crippen LogP contribution in [0.5, 0.6) is 0 Å². The zero-order valence-electron chi connectivity index (χ0n) is 23.0. The van der Waals surface area contributed by atoms with Crippen molar-refractivity contribution in [2.75, 3.05) is 7.11 Å². The molecule has 4 rings (SSSR count). The lowest BCUT2D eigenvalue weighted by Gasteiger charge is -2.61. The number of carbonyl (C=O) groups excluding carboxylic acids is 1. The first-order chi connectivity index (χ1) is 15.7. The van der Waals surface area contributed by atoms with E-state index in [-0.39, 0.29) is 11.9 Å². The molecule has 0 aromatic rings. The predicted octanol–water partition coefficient (Wildman–Crippen LogP) is 8.53. The Morgan fingerprint density at radius 1 is 0.909 bits per heavy atom. The van der Waals surface area contributed by atoms with Gasteiger partial charge in [-0.15, -0.1) is 0 Å². The van der Waals surface area contributed by atoms with E-state index in [4.69, 9.17) is 4.74 Å². The number of ether oxygens (including phenoxy) is 1. The van der Waals surface area contributed by atoms with Gasteiger partial charge in [0.1, 0.15) is 0 Å². The summed E-state index contributed by atoms with van der Waals surface area (Å²) < 4.78 is 5.13. The van der Waals surface area contributed by atoms with E-state index in [1.165, 1.54) is 64.2 Å². The summed E-state index contributed by atoms with van der Waals surface area (Å²) in [6.07, 6.45) is 16.2. The molecule has 2 heteroatoms. The van der Waals surface area contributed by atoms with Gasteiger partial charge in [-0.2, -0.15) is 0 Å². The zero-order chi connectivity index (χ0) is 24.0. The van der Waals surface area contributed by atoms with Crippen LogP contribution in [0.25, 0.3) is 0 Å². The lowest BCUT2D eigenvalue weighted by Crippen LogP contribution is -2.54. The average Bonchev–Trinajstić information content (AvgIpc) is 3.15. The van der Waals surface area contributed by atoms with E-state index in [0.717, 1.165) is 60.2 Å². The van der Waals surface area contributed by atoms with E-state index >= 15 is 0 Å². The van der Waals surface area contributed by atoms with Crippen LogP contribution in [0.4, 0.5) is 0 Å². The molecule has 10 atom stereocenters. The summed E-state index contributed by atoms with van der Waals surface area (Å²) in [6.45, 7) is 15.2. The minimum Gasteiger partial charge on any atom is -0.469 e. The largest absolute Gasteiger partial charge is 0.469 e. The molecular weight excluding hydrogens is 404 g/mol. The quantitative estimate of drug-likeness (QED) is 0.357. The van der Waals surface area contributed by atoms with Crippen LogP contribution in [-0.4, -0.2) is 13.1 Å². The summed E-state index contributed by atoms with van der Waals surface area (Å²) in [4.78, 5) is 12.2. The third-order valence-corrected chi connectivity index (χ3v) is 12.4. The van der Waals surface area contributed by atoms with Crippen molar-refractivity contribution in [2.45, 2.75) is 119 Å². The SMILES string of the molecule is CC[C@H](CC[C@@H](C)[C@H]1CC[C@H]2[C@@H]3CC[C@H]4C[C@@H](C(=O)OC)CC[C@]4(C)[C@H]3CC[C@]12C)C(C)C. The summed E-state index contributed by atoms with van der Waals surface area (Å²) in [6, 6.07) is 0. The lowest BCUT2D eigenvalue weighted by molar-refractivity contribution is -0.155. The molecule has 0 aromatic heterocycles. The van der Waals surface area contributed by atoms with Crippen LogP contribution in [0.2, 0.25) is 0 Å². The molecule has 2 nitrogen and oxygen atoms in total. The average molecular weight is 459 g/mol. The van der Waals surface area contributed by atoms with Crippen molar-refractivity contribution in [3.63, 3.8) is 0 Å². The van der Waals surface area contributed by atoms with E-state index in [9.17, 15) is 4.79 Å². The van der Waals surface area contributed by atoms with Crippen LogP contribution in [0.3, 0.4) is 0 Å². The maximum absolute atomic E-state index is 12.2. The fraction of sp³-hybridized carbons (Fsp3) is 0.968. The fourth-order valence-electron chi connectivity index (χ4n) is 10.3. The van der Waals surface area contributed by atoms with Crippen molar-refractivity contribution < 1.29 is 9.53 Å². The molecule has 4 saturated carbocycles. The molecule has 0 aromatic carbocycles. The first-order valence-corrected chi connectivity index (χ1v) is 14.7. The van der Waals surface area contributed by atoms with Gasteiger partial charge in [-0.3, -0.25) is 4.79 Å². The number of hydrogen-bond donors (Lipinski definition) is 0. The molecule has 0 unspecified atom stereocenters. The molecule has 0 saturated heterocycles. The number of carbonyl (C=O) groups is 1. The van der Waals surface area contributed by atoms with Crippen molar-refractivity contribution in [2.24, 2.45) is 64.1 Å². The highest BCUT2D eigenvalue weighted by molar-refractivity contribution is 5.72. The Morgan fingerprint density at radius 2 is 1.61 bits per heavy atom. The van der Waals surface area contributed by atoms with Crippen LogP contribution in [0, 0.1) is 64.1 Å². The number of methoxy groups -OCH3 is 1. The van der Waals surface area contributed by atoms with Crippen LogP contribution in [0.1, 0.15) is 119 Å². The summed E-state index contributed by atoms with van der Waals surface area (Å²) in [7, 11) is 1.57. The summed E-state index contributed by atoms with van der Waals surface area (Å²) >= 11 is 0. The van der Waals surface area contributed by atoms with Gasteiger partial charge < -0.3 is 4.74 Å². The summed E-state index contributed by atoms with van der Waals surface area (Å²) in [5.74, 6) is 7.28. The Labute approximate surface area is 205 Å². The molecule has 0 N–H and O–H groups in total. The van der Waals surface area contributed by atoms with E-state index in [0.29, 0.717) is 10.8 Å². The Morgan fingerprint density at radius 3 is 2.27 bits per heavy atom. The van der Waals surface area contributed by atoms with Crippen LogP contribution >= 0.6 is 0 Å². The molecule has 0 heterocycles. The van der Waals surface area contributed by atoms with E-state index in [1.54, 1.807) is 7.11 Å². The van der Waals surface area contributed by atoms with E-state index in [1.807, 2.05) is 0 Å². The van der Waals surface area contributed by atoms with Crippen molar-refractivity contribution in [1.29, 1.82) is 0 Å². The Hall–Kier alpha value is -0.530. The molecule has 4 aliphatic rings. The molecule has 4 aliphatic carbocycles. The maximum Gasteiger partial charge on any atom is 0.308 e. The van der Waals surface area contributed by atoms with E-state index in [2.05, 4.69) is 41.5 Å². The Balaban J connectivity index is 1.43. The predicted molar refractivity (Wildman–Crippen MR) is 138 cm³/mol. The molecule has 0 aliphatic heterocycles. The first kappa shape index (κ1) is 25.6. The fourth-order valence-corrected chi connectivity index (χ4v) is 10.3. The second-order valence-electron chi connectivity index (χ2n) is 13.8.